The quantitative estimate of drug-likeness (QED) is 0.425. The van der Waals surface area contributed by atoms with Crippen molar-refractivity contribution < 1.29 is 0 Å². The number of aliphatic imine (C=N–C) groups is 1. The fourth-order valence-corrected chi connectivity index (χ4v) is 4.14. The van der Waals surface area contributed by atoms with Crippen LogP contribution in [0.1, 0.15) is 49.9 Å². The lowest BCUT2D eigenvalue weighted by molar-refractivity contribution is 0.431. The molecule has 1 aromatic heterocycles. The molecule has 0 spiro atoms. The maximum atomic E-state index is 4.41. The molecule has 1 aliphatic rings. The van der Waals surface area contributed by atoms with Gasteiger partial charge in [-0.3, -0.25) is 4.99 Å². The molecule has 0 amide bonds. The van der Waals surface area contributed by atoms with E-state index in [0.29, 0.717) is 0 Å². The van der Waals surface area contributed by atoms with Gasteiger partial charge in [0.05, 0.1) is 0 Å². The minimum absolute atomic E-state index is 0.248. The molecular weight excluding hydrogens is 334 g/mol. The van der Waals surface area contributed by atoms with E-state index in [1.54, 1.807) is 0 Å². The van der Waals surface area contributed by atoms with E-state index in [0.717, 1.165) is 44.3 Å². The summed E-state index contributed by atoms with van der Waals surface area (Å²) in [5, 5.41) is 7.06. The van der Waals surface area contributed by atoms with Gasteiger partial charge in [0.25, 0.3) is 0 Å². The summed E-state index contributed by atoms with van der Waals surface area (Å²) in [5.74, 6) is 2.00. The monoisotopic (exact) mass is 367 g/mol. The molecule has 0 bridgehead atoms. The number of nitrogens with zero attached hydrogens (tertiary/aromatic N) is 3. The molecular formula is C22H33N5. The van der Waals surface area contributed by atoms with Crippen molar-refractivity contribution in [3.05, 3.63) is 54.1 Å². The number of benzene rings is 1. The van der Waals surface area contributed by atoms with E-state index in [4.69, 9.17) is 0 Å². The zero-order chi connectivity index (χ0) is 19.0. The number of rotatable bonds is 8. The highest BCUT2D eigenvalue weighted by Gasteiger charge is 2.35. The number of unbranched alkanes of at least 4 members (excludes halogenated alkanes) is 1. The summed E-state index contributed by atoms with van der Waals surface area (Å²) in [4.78, 5) is 8.68. The molecule has 27 heavy (non-hydrogen) atoms. The smallest absolute Gasteiger partial charge is 0.191 e. The molecule has 0 atom stereocenters. The fraction of sp³-hybridized carbons (Fsp3) is 0.545. The van der Waals surface area contributed by atoms with E-state index in [2.05, 4.69) is 62.4 Å². The Hall–Kier alpha value is -2.30. The van der Waals surface area contributed by atoms with Crippen LogP contribution in [0.5, 0.6) is 0 Å². The van der Waals surface area contributed by atoms with Crippen molar-refractivity contribution in [2.75, 3.05) is 20.1 Å². The van der Waals surface area contributed by atoms with Crippen LogP contribution >= 0.6 is 0 Å². The molecule has 146 valence electrons. The standard InChI is InChI=1S/C22H33N5/c1-19-24-15-17-27(19)16-9-8-14-25-21(23-2)26-18-22(12-6-7-13-22)20-10-4-3-5-11-20/h3-5,10-11,15,17H,6-9,12-14,16,18H2,1-2H3,(H2,23,25,26). The van der Waals surface area contributed by atoms with Gasteiger partial charge in [-0.05, 0) is 38.2 Å². The summed E-state index contributed by atoms with van der Waals surface area (Å²) in [6.45, 7) is 4.96. The second-order valence-corrected chi connectivity index (χ2v) is 7.58. The average Bonchev–Trinajstić information content (AvgIpc) is 3.35. The van der Waals surface area contributed by atoms with Crippen LogP contribution in [0.4, 0.5) is 0 Å². The topological polar surface area (TPSA) is 54.2 Å². The second-order valence-electron chi connectivity index (χ2n) is 7.58. The number of hydrogen-bond donors (Lipinski definition) is 2. The fourth-order valence-electron chi connectivity index (χ4n) is 4.14. The predicted octanol–water partition coefficient (Wildman–Crippen LogP) is 3.65. The van der Waals surface area contributed by atoms with Gasteiger partial charge in [-0.1, -0.05) is 43.2 Å². The minimum Gasteiger partial charge on any atom is -0.356 e. The zero-order valence-corrected chi connectivity index (χ0v) is 16.7. The van der Waals surface area contributed by atoms with Crippen molar-refractivity contribution in [3.8, 4) is 0 Å². The number of aromatic nitrogens is 2. The number of guanidine groups is 1. The van der Waals surface area contributed by atoms with Crippen molar-refractivity contribution in [2.45, 2.75) is 57.4 Å². The molecule has 2 N–H and O–H groups in total. The highest BCUT2D eigenvalue weighted by molar-refractivity contribution is 5.79. The Morgan fingerprint density at radius 2 is 1.93 bits per heavy atom. The lowest BCUT2D eigenvalue weighted by atomic mass is 9.79. The first-order valence-electron chi connectivity index (χ1n) is 10.2. The molecule has 5 heteroatoms. The van der Waals surface area contributed by atoms with Gasteiger partial charge in [-0.15, -0.1) is 0 Å². The molecule has 0 aliphatic heterocycles. The highest BCUT2D eigenvalue weighted by Crippen LogP contribution is 2.40. The van der Waals surface area contributed by atoms with E-state index in [1.165, 1.54) is 31.2 Å². The summed E-state index contributed by atoms with van der Waals surface area (Å²) in [5.41, 5.74) is 1.71. The van der Waals surface area contributed by atoms with Crippen molar-refractivity contribution in [3.63, 3.8) is 0 Å². The molecule has 1 aromatic carbocycles. The summed E-state index contributed by atoms with van der Waals surface area (Å²) in [7, 11) is 1.86. The van der Waals surface area contributed by atoms with Crippen molar-refractivity contribution in [2.24, 2.45) is 4.99 Å². The Bertz CT molecular complexity index is 713. The van der Waals surface area contributed by atoms with Gasteiger partial charge >= 0.3 is 0 Å². The third-order valence-corrected chi connectivity index (χ3v) is 5.81. The molecule has 5 nitrogen and oxygen atoms in total. The molecule has 1 saturated carbocycles. The van der Waals surface area contributed by atoms with Crippen LogP contribution < -0.4 is 10.6 Å². The van der Waals surface area contributed by atoms with Crippen molar-refractivity contribution in [1.82, 2.24) is 20.2 Å². The van der Waals surface area contributed by atoms with Crippen LogP contribution in [0.25, 0.3) is 0 Å². The van der Waals surface area contributed by atoms with Gasteiger partial charge in [-0.25, -0.2) is 4.98 Å². The maximum absolute atomic E-state index is 4.41. The van der Waals surface area contributed by atoms with Crippen LogP contribution in [0, 0.1) is 6.92 Å². The summed E-state index contributed by atoms with van der Waals surface area (Å²) >= 11 is 0. The van der Waals surface area contributed by atoms with Gasteiger partial charge in [0, 0.05) is 44.5 Å². The van der Waals surface area contributed by atoms with E-state index in [-0.39, 0.29) is 5.41 Å². The predicted molar refractivity (Wildman–Crippen MR) is 112 cm³/mol. The molecule has 1 aliphatic carbocycles. The second kappa shape index (κ2) is 9.58. The highest BCUT2D eigenvalue weighted by atomic mass is 15.2. The minimum atomic E-state index is 0.248. The van der Waals surface area contributed by atoms with Crippen molar-refractivity contribution >= 4 is 5.96 Å². The van der Waals surface area contributed by atoms with E-state index in [9.17, 15) is 0 Å². The number of aryl methyl sites for hydroxylation is 2. The van der Waals surface area contributed by atoms with Crippen LogP contribution in [0.2, 0.25) is 0 Å². The zero-order valence-electron chi connectivity index (χ0n) is 16.7. The molecule has 0 unspecified atom stereocenters. The summed E-state index contributed by atoms with van der Waals surface area (Å²) in [6, 6.07) is 11.0. The van der Waals surface area contributed by atoms with E-state index in [1.807, 2.05) is 19.4 Å². The first-order valence-corrected chi connectivity index (χ1v) is 10.2. The van der Waals surface area contributed by atoms with Gasteiger partial charge in [0.1, 0.15) is 5.82 Å². The third kappa shape index (κ3) is 5.12. The lowest BCUT2D eigenvalue weighted by Gasteiger charge is -2.30. The Kier molecular flexibility index (Phi) is 6.91. The van der Waals surface area contributed by atoms with Crippen LogP contribution in [-0.4, -0.2) is 35.6 Å². The Labute approximate surface area is 163 Å². The first kappa shape index (κ1) is 19.5. The molecule has 0 saturated heterocycles. The van der Waals surface area contributed by atoms with Crippen LogP contribution in [-0.2, 0) is 12.0 Å². The Balaban J connectivity index is 1.44. The van der Waals surface area contributed by atoms with Crippen molar-refractivity contribution in [1.29, 1.82) is 0 Å². The number of nitrogens with one attached hydrogen (secondary N) is 2. The number of imidazole rings is 1. The SMILES string of the molecule is CN=C(NCCCCn1ccnc1C)NCC1(c2ccccc2)CCCC1. The Morgan fingerprint density at radius 3 is 2.59 bits per heavy atom. The summed E-state index contributed by atoms with van der Waals surface area (Å²) < 4.78 is 2.21. The van der Waals surface area contributed by atoms with Crippen LogP contribution in [0.15, 0.2) is 47.7 Å². The lowest BCUT2D eigenvalue weighted by Crippen LogP contribution is -2.45. The average molecular weight is 368 g/mol. The van der Waals surface area contributed by atoms with Gasteiger partial charge in [-0.2, -0.15) is 0 Å². The van der Waals surface area contributed by atoms with E-state index < -0.39 is 0 Å². The van der Waals surface area contributed by atoms with Crippen LogP contribution in [0.3, 0.4) is 0 Å². The molecule has 3 rings (SSSR count). The Morgan fingerprint density at radius 1 is 1.15 bits per heavy atom. The first-order chi connectivity index (χ1) is 13.2. The van der Waals surface area contributed by atoms with E-state index >= 15 is 0 Å². The molecule has 1 fully saturated rings. The molecule has 0 radical (unpaired) electrons. The number of hydrogen-bond acceptors (Lipinski definition) is 2. The van der Waals surface area contributed by atoms with Gasteiger partial charge in [0.2, 0.25) is 0 Å². The summed E-state index contributed by atoms with van der Waals surface area (Å²) in [6.07, 6.45) is 11.3. The van der Waals surface area contributed by atoms with Gasteiger partial charge in [0.15, 0.2) is 5.96 Å². The largest absolute Gasteiger partial charge is 0.356 e. The molecule has 2 aromatic rings. The third-order valence-electron chi connectivity index (χ3n) is 5.81. The molecule has 1 heterocycles. The van der Waals surface area contributed by atoms with Gasteiger partial charge < -0.3 is 15.2 Å². The maximum Gasteiger partial charge on any atom is 0.191 e. The normalized spacial score (nSPS) is 16.4.